The molecule has 0 saturated carbocycles. The number of carbonyl (C=O) groups is 1. The van der Waals surface area contributed by atoms with E-state index < -0.39 is 11.6 Å². The number of hydrogen-bond donors (Lipinski definition) is 1. The first-order chi connectivity index (χ1) is 6.56. The van der Waals surface area contributed by atoms with E-state index in [1.807, 2.05) is 0 Å². The fourth-order valence-corrected chi connectivity index (χ4v) is 1.54. The summed E-state index contributed by atoms with van der Waals surface area (Å²) in [6.45, 7) is 1.38. The van der Waals surface area contributed by atoms with E-state index in [1.54, 1.807) is 0 Å². The van der Waals surface area contributed by atoms with Crippen LogP contribution in [-0.2, 0) is 9.53 Å². The van der Waals surface area contributed by atoms with Gasteiger partial charge in [0.15, 0.2) is 5.60 Å². The lowest BCUT2D eigenvalue weighted by Crippen LogP contribution is -2.38. The van der Waals surface area contributed by atoms with Gasteiger partial charge in [-0.05, 0) is 6.92 Å². The van der Waals surface area contributed by atoms with Crippen LogP contribution < -0.4 is 0 Å². The van der Waals surface area contributed by atoms with Gasteiger partial charge in [-0.1, -0.05) is 11.8 Å². The smallest absolute Gasteiger partial charge is 0.338 e. The SMILES string of the molecule is COC(=O)C(C)(O)CSc1ncco1. The number of rotatable bonds is 4. The second kappa shape index (κ2) is 4.47. The molecular formula is C8H11NO4S. The molecule has 0 radical (unpaired) electrons. The summed E-state index contributed by atoms with van der Waals surface area (Å²) >= 11 is 1.15. The standard InChI is InChI=1S/C8H11NO4S/c1-8(11,6(10)12-2)5-14-7-9-3-4-13-7/h3-4,11H,5H2,1-2H3. The van der Waals surface area contributed by atoms with Gasteiger partial charge in [0.25, 0.3) is 5.22 Å². The zero-order valence-corrected chi connectivity index (χ0v) is 8.71. The summed E-state index contributed by atoms with van der Waals surface area (Å²) < 4.78 is 9.36. The van der Waals surface area contributed by atoms with Crippen molar-refractivity contribution in [3.05, 3.63) is 12.5 Å². The Morgan fingerprint density at radius 1 is 1.86 bits per heavy atom. The van der Waals surface area contributed by atoms with Crippen LogP contribution in [0.1, 0.15) is 6.92 Å². The molecule has 1 heterocycles. The van der Waals surface area contributed by atoms with Crippen molar-refractivity contribution in [2.24, 2.45) is 0 Å². The number of aromatic nitrogens is 1. The maximum absolute atomic E-state index is 11.1. The van der Waals surface area contributed by atoms with Crippen LogP contribution in [0.2, 0.25) is 0 Å². The summed E-state index contributed by atoms with van der Waals surface area (Å²) in [5, 5.41) is 10.0. The third-order valence-corrected chi connectivity index (χ3v) is 2.67. The van der Waals surface area contributed by atoms with Crippen LogP contribution in [0.5, 0.6) is 0 Å². The van der Waals surface area contributed by atoms with E-state index in [4.69, 9.17) is 4.42 Å². The maximum Gasteiger partial charge on any atom is 0.338 e. The first-order valence-electron chi connectivity index (χ1n) is 3.89. The van der Waals surface area contributed by atoms with Crippen LogP contribution in [-0.4, -0.2) is 34.5 Å². The second-order valence-corrected chi connectivity index (χ2v) is 3.78. The number of ether oxygens (including phenoxy) is 1. The molecule has 1 N–H and O–H groups in total. The van der Waals surface area contributed by atoms with Crippen molar-refractivity contribution in [3.63, 3.8) is 0 Å². The minimum Gasteiger partial charge on any atom is -0.467 e. The Morgan fingerprint density at radius 2 is 2.57 bits per heavy atom. The number of methoxy groups -OCH3 is 1. The molecule has 1 rings (SSSR count). The van der Waals surface area contributed by atoms with Gasteiger partial charge in [0.05, 0.1) is 13.3 Å². The summed E-state index contributed by atoms with van der Waals surface area (Å²) in [5.41, 5.74) is -1.52. The highest BCUT2D eigenvalue weighted by atomic mass is 32.2. The molecule has 0 bridgehead atoms. The summed E-state index contributed by atoms with van der Waals surface area (Å²) in [6.07, 6.45) is 2.92. The molecule has 1 unspecified atom stereocenters. The molecule has 5 nitrogen and oxygen atoms in total. The van der Waals surface area contributed by atoms with Crippen LogP contribution >= 0.6 is 11.8 Å². The zero-order valence-electron chi connectivity index (χ0n) is 7.89. The highest BCUT2D eigenvalue weighted by molar-refractivity contribution is 7.99. The molecule has 1 aromatic heterocycles. The molecule has 0 amide bonds. The van der Waals surface area contributed by atoms with Crippen molar-refractivity contribution in [2.75, 3.05) is 12.9 Å². The van der Waals surface area contributed by atoms with Gasteiger partial charge in [-0.2, -0.15) is 0 Å². The van der Waals surface area contributed by atoms with E-state index in [0.29, 0.717) is 5.22 Å². The Bertz CT molecular complexity index is 296. The Balaban J connectivity index is 2.48. The molecular weight excluding hydrogens is 206 g/mol. The Hall–Kier alpha value is -1.01. The van der Waals surface area contributed by atoms with Crippen molar-refractivity contribution in [1.29, 1.82) is 0 Å². The predicted octanol–water partition coefficient (Wildman–Crippen LogP) is 0.691. The molecule has 0 aromatic carbocycles. The molecule has 0 spiro atoms. The van der Waals surface area contributed by atoms with Crippen LogP contribution in [0, 0.1) is 0 Å². The highest BCUT2D eigenvalue weighted by Gasteiger charge is 2.31. The third kappa shape index (κ3) is 2.74. The number of hydrogen-bond acceptors (Lipinski definition) is 6. The molecule has 78 valence electrons. The predicted molar refractivity (Wildman–Crippen MR) is 49.9 cm³/mol. The van der Waals surface area contributed by atoms with Crippen LogP contribution in [0.3, 0.4) is 0 Å². The quantitative estimate of drug-likeness (QED) is 0.591. The Labute approximate surface area is 85.5 Å². The molecule has 14 heavy (non-hydrogen) atoms. The van der Waals surface area contributed by atoms with Crippen LogP contribution in [0.4, 0.5) is 0 Å². The molecule has 0 saturated heterocycles. The number of aliphatic hydroxyl groups is 1. The maximum atomic E-state index is 11.1. The van der Waals surface area contributed by atoms with Crippen molar-refractivity contribution in [1.82, 2.24) is 4.98 Å². The van der Waals surface area contributed by atoms with Gasteiger partial charge in [0.1, 0.15) is 6.26 Å². The number of thioether (sulfide) groups is 1. The van der Waals surface area contributed by atoms with Crippen LogP contribution in [0.15, 0.2) is 22.1 Å². The van der Waals surface area contributed by atoms with E-state index in [2.05, 4.69) is 9.72 Å². The lowest BCUT2D eigenvalue weighted by atomic mass is 10.1. The molecule has 0 aliphatic heterocycles. The second-order valence-electron chi connectivity index (χ2n) is 2.85. The fraction of sp³-hybridized carbons (Fsp3) is 0.500. The molecule has 1 aromatic rings. The van der Waals surface area contributed by atoms with E-state index in [9.17, 15) is 9.90 Å². The number of esters is 1. The van der Waals surface area contributed by atoms with Gasteiger partial charge < -0.3 is 14.3 Å². The minimum absolute atomic E-state index is 0.139. The van der Waals surface area contributed by atoms with Crippen molar-refractivity contribution in [2.45, 2.75) is 17.7 Å². The van der Waals surface area contributed by atoms with Crippen LogP contribution in [0.25, 0.3) is 0 Å². The third-order valence-electron chi connectivity index (χ3n) is 1.51. The van der Waals surface area contributed by atoms with Gasteiger partial charge in [0.2, 0.25) is 0 Å². The summed E-state index contributed by atoms with van der Waals surface area (Å²) in [7, 11) is 1.23. The van der Waals surface area contributed by atoms with E-state index in [-0.39, 0.29) is 5.75 Å². The van der Waals surface area contributed by atoms with Crippen molar-refractivity contribution in [3.8, 4) is 0 Å². The van der Waals surface area contributed by atoms with Gasteiger partial charge in [0, 0.05) is 5.75 Å². The lowest BCUT2D eigenvalue weighted by Gasteiger charge is -2.18. The molecule has 0 aliphatic rings. The van der Waals surface area contributed by atoms with E-state index in [1.165, 1.54) is 26.5 Å². The first-order valence-corrected chi connectivity index (χ1v) is 4.88. The summed E-state index contributed by atoms with van der Waals surface area (Å²) in [6, 6.07) is 0. The molecule has 6 heteroatoms. The lowest BCUT2D eigenvalue weighted by molar-refractivity contribution is -0.158. The van der Waals surface area contributed by atoms with Crippen molar-refractivity contribution < 1.29 is 19.1 Å². The average molecular weight is 217 g/mol. The molecule has 0 fully saturated rings. The fourth-order valence-electron chi connectivity index (χ4n) is 0.763. The average Bonchev–Trinajstić information content (AvgIpc) is 2.66. The topological polar surface area (TPSA) is 72.6 Å². The Morgan fingerprint density at radius 3 is 3.07 bits per heavy atom. The van der Waals surface area contributed by atoms with Gasteiger partial charge in [-0.15, -0.1) is 0 Å². The number of nitrogens with zero attached hydrogens (tertiary/aromatic N) is 1. The van der Waals surface area contributed by atoms with Gasteiger partial charge >= 0.3 is 5.97 Å². The zero-order chi connectivity index (χ0) is 10.6. The van der Waals surface area contributed by atoms with Crippen molar-refractivity contribution >= 4 is 17.7 Å². The highest BCUT2D eigenvalue weighted by Crippen LogP contribution is 2.21. The van der Waals surface area contributed by atoms with E-state index in [0.717, 1.165) is 11.8 Å². The first kappa shape index (κ1) is 11.1. The molecule has 1 atom stereocenters. The normalized spacial score (nSPS) is 14.8. The van der Waals surface area contributed by atoms with E-state index >= 15 is 0 Å². The summed E-state index contributed by atoms with van der Waals surface area (Å²) in [4.78, 5) is 14.9. The monoisotopic (exact) mass is 217 g/mol. The van der Waals surface area contributed by atoms with Gasteiger partial charge in [-0.25, -0.2) is 9.78 Å². The Kier molecular flexibility index (Phi) is 3.54. The van der Waals surface area contributed by atoms with Gasteiger partial charge in [-0.3, -0.25) is 0 Å². The number of oxazole rings is 1. The minimum atomic E-state index is -1.52. The summed E-state index contributed by atoms with van der Waals surface area (Å²) in [5.74, 6) is -0.531. The largest absolute Gasteiger partial charge is 0.467 e. The number of carbonyl (C=O) groups excluding carboxylic acids is 1. The molecule has 0 aliphatic carbocycles.